The van der Waals surface area contributed by atoms with Crippen LogP contribution < -0.4 is 5.32 Å². The second-order valence-electron chi connectivity index (χ2n) is 5.35. The van der Waals surface area contributed by atoms with Gasteiger partial charge in [-0.25, -0.2) is 9.97 Å². The lowest BCUT2D eigenvalue weighted by molar-refractivity contribution is -0.153. The first-order chi connectivity index (χ1) is 10.1. The molecule has 2 aromatic heterocycles. The lowest BCUT2D eigenvalue weighted by atomic mass is 9.80. The summed E-state index contributed by atoms with van der Waals surface area (Å²) in [6, 6.07) is 2.03. The molecule has 0 unspecified atom stereocenters. The fourth-order valence-electron chi connectivity index (χ4n) is 2.60. The van der Waals surface area contributed by atoms with E-state index in [0.717, 1.165) is 15.1 Å². The Morgan fingerprint density at radius 2 is 2.24 bits per heavy atom. The fraction of sp³-hybridized carbons (Fsp3) is 0.500. The summed E-state index contributed by atoms with van der Waals surface area (Å²) >= 11 is 1.61. The van der Waals surface area contributed by atoms with Gasteiger partial charge in [-0.05, 0) is 25.8 Å². The summed E-state index contributed by atoms with van der Waals surface area (Å²) in [6.07, 6.45) is 2.55. The number of fused-ring (bicyclic) bond motifs is 1. The Bertz CT molecular complexity index is 665. The molecule has 1 aliphatic rings. The Hall–Kier alpha value is -1.73. The molecule has 3 heterocycles. The van der Waals surface area contributed by atoms with E-state index in [1.165, 1.54) is 6.33 Å². The van der Waals surface area contributed by atoms with Gasteiger partial charge in [-0.1, -0.05) is 0 Å². The molecule has 0 saturated carbocycles. The van der Waals surface area contributed by atoms with E-state index < -0.39 is 11.4 Å². The number of carboxylic acid groups (broad SMARTS) is 1. The minimum atomic E-state index is -0.777. The van der Waals surface area contributed by atoms with Gasteiger partial charge in [0.25, 0.3) is 0 Å². The molecule has 2 aromatic rings. The monoisotopic (exact) mass is 307 g/mol. The van der Waals surface area contributed by atoms with E-state index in [1.54, 1.807) is 11.3 Å². The molecule has 0 bridgehead atoms. The summed E-state index contributed by atoms with van der Waals surface area (Å²) in [7, 11) is 0. The molecule has 7 heteroatoms. The first kappa shape index (κ1) is 14.2. The zero-order valence-corrected chi connectivity index (χ0v) is 12.6. The van der Waals surface area contributed by atoms with Crippen LogP contribution in [0.25, 0.3) is 10.2 Å². The van der Waals surface area contributed by atoms with Crippen molar-refractivity contribution in [1.29, 1.82) is 0 Å². The summed E-state index contributed by atoms with van der Waals surface area (Å²) in [5.41, 5.74) is -0.777. The van der Waals surface area contributed by atoms with Crippen LogP contribution in [-0.4, -0.2) is 40.8 Å². The molecule has 0 spiro atoms. The third-order valence-electron chi connectivity index (χ3n) is 3.95. The standard InChI is InChI=1S/C14H17N3O3S/c1-9-6-10-11(16-8-17-12(10)21-9)15-7-14(13(18)19)2-4-20-5-3-14/h6,8H,2-5,7H2,1H3,(H,18,19)(H,15,16,17). The van der Waals surface area contributed by atoms with Crippen LogP contribution in [0, 0.1) is 12.3 Å². The van der Waals surface area contributed by atoms with Gasteiger partial charge in [-0.2, -0.15) is 0 Å². The topological polar surface area (TPSA) is 84.3 Å². The number of carboxylic acids is 1. The Morgan fingerprint density at radius 3 is 2.95 bits per heavy atom. The quantitative estimate of drug-likeness (QED) is 0.901. The van der Waals surface area contributed by atoms with Crippen LogP contribution in [0.5, 0.6) is 0 Å². The maximum Gasteiger partial charge on any atom is 0.311 e. The number of rotatable bonds is 4. The predicted octanol–water partition coefficient (Wildman–Crippen LogP) is 2.29. The van der Waals surface area contributed by atoms with Crippen molar-refractivity contribution in [2.45, 2.75) is 19.8 Å². The number of ether oxygens (including phenoxy) is 1. The van der Waals surface area contributed by atoms with Gasteiger partial charge in [-0.3, -0.25) is 4.79 Å². The SMILES string of the molecule is Cc1cc2c(NCC3(C(=O)O)CCOCC3)ncnc2s1. The molecule has 3 rings (SSSR count). The highest BCUT2D eigenvalue weighted by molar-refractivity contribution is 7.18. The van der Waals surface area contributed by atoms with Crippen molar-refractivity contribution < 1.29 is 14.6 Å². The van der Waals surface area contributed by atoms with E-state index in [2.05, 4.69) is 15.3 Å². The number of aromatic nitrogens is 2. The van der Waals surface area contributed by atoms with Gasteiger partial charge >= 0.3 is 5.97 Å². The minimum absolute atomic E-state index is 0.354. The van der Waals surface area contributed by atoms with Crippen molar-refractivity contribution in [3.8, 4) is 0 Å². The summed E-state index contributed by atoms with van der Waals surface area (Å²) in [6.45, 7) is 3.36. The van der Waals surface area contributed by atoms with Crippen molar-refractivity contribution in [3.63, 3.8) is 0 Å². The second kappa shape index (κ2) is 5.57. The number of hydrogen-bond acceptors (Lipinski definition) is 6. The highest BCUT2D eigenvalue weighted by atomic mass is 32.1. The van der Waals surface area contributed by atoms with Crippen LogP contribution in [0.4, 0.5) is 5.82 Å². The minimum Gasteiger partial charge on any atom is -0.481 e. The predicted molar refractivity (Wildman–Crippen MR) is 80.8 cm³/mol. The maximum atomic E-state index is 11.6. The van der Waals surface area contributed by atoms with Gasteiger partial charge in [0.05, 0.1) is 10.8 Å². The molecule has 21 heavy (non-hydrogen) atoms. The Balaban J connectivity index is 1.83. The summed E-state index contributed by atoms with van der Waals surface area (Å²) in [5.74, 6) is -0.0680. The van der Waals surface area contributed by atoms with Gasteiger partial charge in [0, 0.05) is 24.6 Å². The van der Waals surface area contributed by atoms with E-state index in [-0.39, 0.29) is 0 Å². The van der Waals surface area contributed by atoms with E-state index in [4.69, 9.17) is 4.74 Å². The number of hydrogen-bond donors (Lipinski definition) is 2. The van der Waals surface area contributed by atoms with Crippen molar-refractivity contribution in [2.24, 2.45) is 5.41 Å². The molecule has 1 saturated heterocycles. The van der Waals surface area contributed by atoms with Crippen LogP contribution in [0.2, 0.25) is 0 Å². The number of thiophene rings is 1. The van der Waals surface area contributed by atoms with Crippen LogP contribution in [0.3, 0.4) is 0 Å². The third kappa shape index (κ3) is 2.71. The van der Waals surface area contributed by atoms with E-state index >= 15 is 0 Å². The van der Waals surface area contributed by atoms with Gasteiger partial charge in [0.15, 0.2) is 0 Å². The molecule has 112 valence electrons. The Morgan fingerprint density at radius 1 is 1.48 bits per heavy atom. The van der Waals surface area contributed by atoms with Crippen LogP contribution >= 0.6 is 11.3 Å². The van der Waals surface area contributed by atoms with Gasteiger partial charge in [0.2, 0.25) is 0 Å². The number of aryl methyl sites for hydroxylation is 1. The van der Waals surface area contributed by atoms with Crippen molar-refractivity contribution in [3.05, 3.63) is 17.3 Å². The molecular formula is C14H17N3O3S. The molecule has 2 N–H and O–H groups in total. The smallest absolute Gasteiger partial charge is 0.311 e. The van der Waals surface area contributed by atoms with Gasteiger partial charge in [-0.15, -0.1) is 11.3 Å². The van der Waals surface area contributed by atoms with E-state index in [0.29, 0.717) is 38.4 Å². The van der Waals surface area contributed by atoms with E-state index in [9.17, 15) is 9.90 Å². The van der Waals surface area contributed by atoms with E-state index in [1.807, 2.05) is 13.0 Å². The van der Waals surface area contributed by atoms with Gasteiger partial charge in [0.1, 0.15) is 17.0 Å². The summed E-state index contributed by atoms with van der Waals surface area (Å²) in [4.78, 5) is 22.2. The van der Waals surface area contributed by atoms with Crippen LogP contribution in [-0.2, 0) is 9.53 Å². The average molecular weight is 307 g/mol. The first-order valence-corrected chi connectivity index (χ1v) is 7.69. The zero-order valence-electron chi connectivity index (χ0n) is 11.8. The fourth-order valence-corrected chi connectivity index (χ4v) is 3.45. The Kier molecular flexibility index (Phi) is 3.77. The van der Waals surface area contributed by atoms with Crippen molar-refractivity contribution in [2.75, 3.05) is 25.1 Å². The lowest BCUT2D eigenvalue weighted by Gasteiger charge is -2.33. The normalized spacial score (nSPS) is 17.8. The molecule has 0 atom stereocenters. The number of aliphatic carboxylic acids is 1. The highest BCUT2D eigenvalue weighted by Crippen LogP contribution is 2.33. The lowest BCUT2D eigenvalue weighted by Crippen LogP contribution is -2.42. The summed E-state index contributed by atoms with van der Waals surface area (Å²) in [5, 5.41) is 13.7. The van der Waals surface area contributed by atoms with Crippen LogP contribution in [0.15, 0.2) is 12.4 Å². The first-order valence-electron chi connectivity index (χ1n) is 6.87. The maximum absolute atomic E-state index is 11.6. The van der Waals surface area contributed by atoms with Crippen molar-refractivity contribution in [1.82, 2.24) is 9.97 Å². The van der Waals surface area contributed by atoms with Gasteiger partial charge < -0.3 is 15.2 Å². The molecule has 0 radical (unpaired) electrons. The molecular weight excluding hydrogens is 290 g/mol. The highest BCUT2D eigenvalue weighted by Gasteiger charge is 2.40. The molecule has 0 amide bonds. The largest absolute Gasteiger partial charge is 0.481 e. The number of nitrogens with zero attached hydrogens (tertiary/aromatic N) is 2. The number of nitrogens with one attached hydrogen (secondary N) is 1. The Labute approximate surface area is 126 Å². The van der Waals surface area contributed by atoms with Crippen molar-refractivity contribution >= 4 is 33.3 Å². The molecule has 6 nitrogen and oxygen atoms in total. The molecule has 0 aliphatic carbocycles. The number of carbonyl (C=O) groups is 1. The van der Waals surface area contributed by atoms with Crippen LogP contribution in [0.1, 0.15) is 17.7 Å². The molecule has 1 aliphatic heterocycles. The number of anilines is 1. The third-order valence-corrected chi connectivity index (χ3v) is 4.91. The zero-order chi connectivity index (χ0) is 14.9. The molecule has 1 fully saturated rings. The summed E-state index contributed by atoms with van der Waals surface area (Å²) < 4.78 is 5.29. The average Bonchev–Trinajstić information content (AvgIpc) is 2.86. The molecule has 0 aromatic carbocycles. The second-order valence-corrected chi connectivity index (χ2v) is 6.58.